The largest absolute Gasteiger partial charge is 0.314 e. The van der Waals surface area contributed by atoms with Crippen molar-refractivity contribution in [2.45, 2.75) is 64.6 Å². The number of hydrogen-bond acceptors (Lipinski definition) is 2. The topological polar surface area (TPSA) is 15.3 Å². The molecule has 0 aliphatic heterocycles. The number of hydrogen-bond donors (Lipinski definition) is 1. The van der Waals surface area contributed by atoms with Crippen LogP contribution in [0.3, 0.4) is 0 Å². The molecule has 1 aromatic rings. The van der Waals surface area contributed by atoms with Crippen molar-refractivity contribution >= 4 is 0 Å². The third-order valence-electron chi connectivity index (χ3n) is 4.52. The van der Waals surface area contributed by atoms with Crippen LogP contribution in [0.15, 0.2) is 24.3 Å². The molecule has 1 N–H and O–H groups in total. The smallest absolute Gasteiger partial charge is 0.0233 e. The van der Waals surface area contributed by atoms with E-state index < -0.39 is 0 Å². The molecule has 0 aromatic heterocycles. The maximum absolute atomic E-state index is 3.67. The third-order valence-corrected chi connectivity index (χ3v) is 4.52. The van der Waals surface area contributed by atoms with Crippen LogP contribution < -0.4 is 5.32 Å². The van der Waals surface area contributed by atoms with Crippen LogP contribution in [0.1, 0.15) is 50.2 Å². The van der Waals surface area contributed by atoms with Crippen molar-refractivity contribution in [2.24, 2.45) is 0 Å². The van der Waals surface area contributed by atoms with E-state index in [0.29, 0.717) is 0 Å². The lowest BCUT2D eigenvalue weighted by Gasteiger charge is -2.35. The van der Waals surface area contributed by atoms with Gasteiger partial charge in [0.2, 0.25) is 0 Å². The van der Waals surface area contributed by atoms with E-state index in [1.54, 1.807) is 0 Å². The number of nitrogens with one attached hydrogen (secondary N) is 1. The Labute approximate surface area is 124 Å². The first-order valence-corrected chi connectivity index (χ1v) is 8.18. The first-order valence-electron chi connectivity index (χ1n) is 8.18. The molecule has 1 aliphatic rings. The molecule has 0 radical (unpaired) electrons. The summed E-state index contributed by atoms with van der Waals surface area (Å²) in [5.41, 5.74) is 2.81. The second kappa shape index (κ2) is 7.80. The summed E-state index contributed by atoms with van der Waals surface area (Å²) in [6.07, 6.45) is 6.59. The first kappa shape index (κ1) is 15.5. The fourth-order valence-corrected chi connectivity index (χ4v) is 3.30. The zero-order valence-electron chi connectivity index (χ0n) is 13.4. The zero-order valence-corrected chi connectivity index (χ0v) is 13.4. The Morgan fingerprint density at radius 3 is 2.60 bits per heavy atom. The highest BCUT2D eigenvalue weighted by atomic mass is 15.1. The van der Waals surface area contributed by atoms with E-state index in [-0.39, 0.29) is 0 Å². The Bertz CT molecular complexity index is 394. The Kier molecular flexibility index (Phi) is 6.06. The van der Waals surface area contributed by atoms with Crippen molar-refractivity contribution in [1.29, 1.82) is 0 Å². The molecule has 2 rings (SSSR count). The minimum absolute atomic E-state index is 0.759. The molecule has 1 aliphatic carbocycles. The van der Waals surface area contributed by atoms with Crippen molar-refractivity contribution < 1.29 is 0 Å². The van der Waals surface area contributed by atoms with Gasteiger partial charge >= 0.3 is 0 Å². The third kappa shape index (κ3) is 4.60. The highest BCUT2D eigenvalue weighted by Gasteiger charge is 2.23. The molecule has 0 bridgehead atoms. The van der Waals surface area contributed by atoms with Gasteiger partial charge < -0.3 is 5.32 Å². The monoisotopic (exact) mass is 274 g/mol. The summed E-state index contributed by atoms with van der Waals surface area (Å²) in [5, 5.41) is 3.67. The van der Waals surface area contributed by atoms with Crippen LogP contribution in [0.25, 0.3) is 0 Å². The molecule has 0 spiro atoms. The Hall–Kier alpha value is -0.860. The summed E-state index contributed by atoms with van der Waals surface area (Å²) in [7, 11) is 2.28. The fourth-order valence-electron chi connectivity index (χ4n) is 3.30. The van der Waals surface area contributed by atoms with Crippen LogP contribution in [0.2, 0.25) is 0 Å². The molecule has 2 heteroatoms. The lowest BCUT2D eigenvalue weighted by molar-refractivity contribution is 0.168. The number of benzene rings is 1. The zero-order chi connectivity index (χ0) is 14.4. The van der Waals surface area contributed by atoms with Gasteiger partial charge in [0.25, 0.3) is 0 Å². The van der Waals surface area contributed by atoms with Crippen molar-refractivity contribution in [1.82, 2.24) is 10.2 Å². The summed E-state index contributed by atoms with van der Waals surface area (Å²) < 4.78 is 0. The van der Waals surface area contributed by atoms with E-state index in [0.717, 1.165) is 18.6 Å². The van der Waals surface area contributed by atoms with Gasteiger partial charge in [0.05, 0.1) is 0 Å². The predicted octanol–water partition coefficient (Wildman–Crippen LogP) is 3.74. The number of nitrogens with zero attached hydrogens (tertiary/aromatic N) is 1. The molecule has 2 nitrogen and oxygen atoms in total. The Balaban J connectivity index is 1.78. The van der Waals surface area contributed by atoms with Crippen LogP contribution in [0, 0.1) is 6.92 Å². The second-order valence-corrected chi connectivity index (χ2v) is 6.36. The molecule has 1 saturated carbocycles. The van der Waals surface area contributed by atoms with Crippen LogP contribution in [-0.2, 0) is 6.54 Å². The molecular formula is C18H30N2. The van der Waals surface area contributed by atoms with E-state index in [1.807, 2.05) is 0 Å². The average Bonchev–Trinajstić information content (AvgIpc) is 2.45. The fraction of sp³-hybridized carbons (Fsp3) is 0.667. The number of rotatable bonds is 6. The van der Waals surface area contributed by atoms with Crippen molar-refractivity contribution in [3.8, 4) is 0 Å². The predicted molar refractivity (Wildman–Crippen MR) is 87.0 cm³/mol. The molecule has 1 aromatic carbocycles. The van der Waals surface area contributed by atoms with Gasteiger partial charge in [-0.25, -0.2) is 0 Å². The summed E-state index contributed by atoms with van der Waals surface area (Å²) >= 11 is 0. The minimum Gasteiger partial charge on any atom is -0.314 e. The second-order valence-electron chi connectivity index (χ2n) is 6.36. The lowest BCUT2D eigenvalue weighted by Crippen LogP contribution is -2.40. The summed E-state index contributed by atoms with van der Waals surface area (Å²) in [5.74, 6) is 0. The van der Waals surface area contributed by atoms with E-state index in [4.69, 9.17) is 0 Å². The maximum Gasteiger partial charge on any atom is 0.0233 e. The van der Waals surface area contributed by atoms with E-state index in [9.17, 15) is 0 Å². The highest BCUT2D eigenvalue weighted by molar-refractivity contribution is 5.22. The SMILES string of the molecule is CCCNC1CCC(N(C)Cc2cccc(C)c2)CC1. The van der Waals surface area contributed by atoms with Crippen LogP contribution in [0.5, 0.6) is 0 Å². The van der Waals surface area contributed by atoms with Gasteiger partial charge in [-0.3, -0.25) is 4.90 Å². The average molecular weight is 274 g/mol. The molecule has 1 fully saturated rings. The summed E-state index contributed by atoms with van der Waals surface area (Å²) in [4.78, 5) is 2.55. The molecule has 112 valence electrons. The van der Waals surface area contributed by atoms with Crippen LogP contribution in [-0.4, -0.2) is 30.6 Å². The quantitative estimate of drug-likeness (QED) is 0.850. The summed E-state index contributed by atoms with van der Waals surface area (Å²) in [6, 6.07) is 10.4. The lowest BCUT2D eigenvalue weighted by atomic mass is 9.90. The Morgan fingerprint density at radius 2 is 1.95 bits per heavy atom. The van der Waals surface area contributed by atoms with Crippen molar-refractivity contribution in [3.05, 3.63) is 35.4 Å². The van der Waals surface area contributed by atoms with Gasteiger partial charge in [-0.05, 0) is 58.2 Å². The first-order chi connectivity index (χ1) is 9.69. The maximum atomic E-state index is 3.67. The molecule has 20 heavy (non-hydrogen) atoms. The molecule has 0 saturated heterocycles. The minimum atomic E-state index is 0.759. The Morgan fingerprint density at radius 1 is 1.20 bits per heavy atom. The highest BCUT2D eigenvalue weighted by Crippen LogP contribution is 2.23. The molecule has 0 heterocycles. The van der Waals surface area contributed by atoms with Gasteiger partial charge in [0.15, 0.2) is 0 Å². The molecule has 0 unspecified atom stereocenters. The molecular weight excluding hydrogens is 244 g/mol. The van der Waals surface area contributed by atoms with Crippen molar-refractivity contribution in [2.75, 3.05) is 13.6 Å². The standard InChI is InChI=1S/C18H30N2/c1-4-12-19-17-8-10-18(11-9-17)20(3)14-16-7-5-6-15(2)13-16/h5-7,13,17-19H,4,8-12,14H2,1-3H3. The van der Waals surface area contributed by atoms with Gasteiger partial charge in [0, 0.05) is 18.6 Å². The molecule has 0 atom stereocenters. The van der Waals surface area contributed by atoms with E-state index in [2.05, 4.69) is 55.4 Å². The van der Waals surface area contributed by atoms with Crippen LogP contribution in [0.4, 0.5) is 0 Å². The van der Waals surface area contributed by atoms with Gasteiger partial charge in [-0.2, -0.15) is 0 Å². The van der Waals surface area contributed by atoms with Gasteiger partial charge in [-0.1, -0.05) is 36.8 Å². The number of aryl methyl sites for hydroxylation is 1. The van der Waals surface area contributed by atoms with Gasteiger partial charge in [-0.15, -0.1) is 0 Å². The van der Waals surface area contributed by atoms with Gasteiger partial charge in [0.1, 0.15) is 0 Å². The van der Waals surface area contributed by atoms with E-state index >= 15 is 0 Å². The molecule has 0 amide bonds. The van der Waals surface area contributed by atoms with E-state index in [1.165, 1.54) is 49.8 Å². The summed E-state index contributed by atoms with van der Waals surface area (Å²) in [6.45, 7) is 6.68. The van der Waals surface area contributed by atoms with Crippen molar-refractivity contribution in [3.63, 3.8) is 0 Å². The van der Waals surface area contributed by atoms with Crippen LogP contribution >= 0.6 is 0 Å². The normalized spacial score (nSPS) is 23.2.